The molecule has 2 heterocycles. The summed E-state index contributed by atoms with van der Waals surface area (Å²) in [5.41, 5.74) is 4.75. The Hall–Kier alpha value is -2.66. The number of benzene rings is 2. The first kappa shape index (κ1) is 18.7. The number of hydrogen-bond acceptors (Lipinski definition) is 3. The maximum absolute atomic E-state index is 13.1. The largest absolute Gasteiger partial charge is 0.355 e. The third-order valence-electron chi connectivity index (χ3n) is 6.09. The smallest absolute Gasteiger partial charge is 0.255 e. The third-order valence-corrected chi connectivity index (χ3v) is 6.09. The number of piperidine rings is 1. The Morgan fingerprint density at radius 1 is 1.11 bits per heavy atom. The van der Waals surface area contributed by atoms with Gasteiger partial charge in [-0.25, -0.2) is 0 Å². The minimum Gasteiger partial charge on any atom is -0.355 e. The van der Waals surface area contributed by atoms with Gasteiger partial charge in [-0.2, -0.15) is 0 Å². The Kier molecular flexibility index (Phi) is 5.18. The molecule has 146 valence electrons. The molecule has 5 heteroatoms. The number of likely N-dealkylation sites (tertiary alicyclic amines) is 1. The van der Waals surface area contributed by atoms with E-state index in [4.69, 9.17) is 0 Å². The van der Waals surface area contributed by atoms with E-state index in [1.807, 2.05) is 17.0 Å². The molecule has 1 N–H and O–H groups in total. The van der Waals surface area contributed by atoms with Crippen molar-refractivity contribution in [3.63, 3.8) is 0 Å². The molecule has 2 aliphatic rings. The van der Waals surface area contributed by atoms with Gasteiger partial charge in [0.05, 0.1) is 11.1 Å². The van der Waals surface area contributed by atoms with E-state index >= 15 is 0 Å². The van der Waals surface area contributed by atoms with Crippen LogP contribution in [0.15, 0.2) is 42.5 Å². The predicted octanol–water partition coefficient (Wildman–Crippen LogP) is 2.98. The summed E-state index contributed by atoms with van der Waals surface area (Å²) in [6.07, 6.45) is 1.95. The molecule has 0 aliphatic carbocycles. The number of hydrogen-bond donors (Lipinski definition) is 1. The lowest BCUT2D eigenvalue weighted by atomic mass is 10.0. The quantitative estimate of drug-likeness (QED) is 0.891. The van der Waals surface area contributed by atoms with Crippen molar-refractivity contribution in [1.82, 2.24) is 15.1 Å². The van der Waals surface area contributed by atoms with Gasteiger partial charge in [-0.3, -0.25) is 14.5 Å². The van der Waals surface area contributed by atoms with Crippen molar-refractivity contribution >= 4 is 11.8 Å². The normalized spacial score (nSPS) is 17.6. The van der Waals surface area contributed by atoms with Crippen molar-refractivity contribution in [2.24, 2.45) is 0 Å². The molecule has 0 saturated carbocycles. The molecular formula is C23H27N3O2. The molecule has 2 aliphatic heterocycles. The van der Waals surface area contributed by atoms with Gasteiger partial charge in [-0.05, 0) is 42.5 Å². The number of nitrogens with zero attached hydrogens (tertiary/aromatic N) is 2. The summed E-state index contributed by atoms with van der Waals surface area (Å²) in [5, 5.41) is 2.64. The highest BCUT2D eigenvalue weighted by atomic mass is 16.2. The molecule has 0 atom stereocenters. The molecule has 5 nitrogen and oxygen atoms in total. The first-order chi connectivity index (χ1) is 13.6. The Bertz CT molecular complexity index is 900. The zero-order valence-corrected chi connectivity index (χ0v) is 16.6. The Balaban J connectivity index is 1.42. The summed E-state index contributed by atoms with van der Waals surface area (Å²) in [7, 11) is 1.60. The lowest BCUT2D eigenvalue weighted by molar-refractivity contribution is 0.0588. The van der Waals surface area contributed by atoms with Gasteiger partial charge in [0.15, 0.2) is 0 Å². The highest BCUT2D eigenvalue weighted by Gasteiger charge is 2.36. The van der Waals surface area contributed by atoms with Crippen molar-refractivity contribution < 1.29 is 9.59 Å². The summed E-state index contributed by atoms with van der Waals surface area (Å²) < 4.78 is 0. The number of rotatable bonds is 4. The van der Waals surface area contributed by atoms with Gasteiger partial charge in [0.25, 0.3) is 11.8 Å². The molecule has 2 amide bonds. The van der Waals surface area contributed by atoms with Crippen LogP contribution in [0.1, 0.15) is 50.2 Å². The highest BCUT2D eigenvalue weighted by molar-refractivity contribution is 6.09. The van der Waals surface area contributed by atoms with Crippen LogP contribution in [0, 0.1) is 6.92 Å². The number of carbonyl (C=O) groups is 2. The van der Waals surface area contributed by atoms with Gasteiger partial charge in [0.2, 0.25) is 0 Å². The minimum absolute atomic E-state index is 0.00607. The van der Waals surface area contributed by atoms with Crippen molar-refractivity contribution in [2.45, 2.75) is 38.9 Å². The summed E-state index contributed by atoms with van der Waals surface area (Å²) in [4.78, 5) is 29.7. The molecule has 2 aromatic carbocycles. The Labute approximate surface area is 166 Å². The first-order valence-corrected chi connectivity index (χ1v) is 10.00. The predicted molar refractivity (Wildman–Crippen MR) is 109 cm³/mol. The van der Waals surface area contributed by atoms with E-state index in [2.05, 4.69) is 41.4 Å². The van der Waals surface area contributed by atoms with Crippen molar-refractivity contribution in [3.8, 4) is 0 Å². The fourth-order valence-corrected chi connectivity index (χ4v) is 4.42. The molecule has 0 radical (unpaired) electrons. The molecule has 0 bridgehead atoms. The van der Waals surface area contributed by atoms with Crippen LogP contribution >= 0.6 is 0 Å². The number of nitrogens with one attached hydrogen (secondary N) is 1. The van der Waals surface area contributed by atoms with E-state index in [1.54, 1.807) is 13.1 Å². The second-order valence-electron chi connectivity index (χ2n) is 7.79. The molecule has 0 aromatic heterocycles. The van der Waals surface area contributed by atoms with Crippen LogP contribution in [0.3, 0.4) is 0 Å². The van der Waals surface area contributed by atoms with Crippen LogP contribution < -0.4 is 5.32 Å². The van der Waals surface area contributed by atoms with Crippen LogP contribution in [0.4, 0.5) is 0 Å². The van der Waals surface area contributed by atoms with Gasteiger partial charge < -0.3 is 10.2 Å². The molecule has 0 spiro atoms. The van der Waals surface area contributed by atoms with Gasteiger partial charge in [-0.1, -0.05) is 36.4 Å². The van der Waals surface area contributed by atoms with Crippen LogP contribution in [-0.2, 0) is 13.1 Å². The topological polar surface area (TPSA) is 52.7 Å². The van der Waals surface area contributed by atoms with Gasteiger partial charge in [-0.15, -0.1) is 0 Å². The third kappa shape index (κ3) is 3.42. The Morgan fingerprint density at radius 3 is 2.57 bits per heavy atom. The summed E-state index contributed by atoms with van der Waals surface area (Å²) in [5.74, 6) is -0.188. The van der Waals surface area contributed by atoms with E-state index in [9.17, 15) is 9.59 Å². The standard InChI is InChI=1S/C23H27N3O2/c1-16-6-3-4-7-17(16)14-25-12-10-19(11-13-25)26-15-18-8-5-9-20(22(27)24-2)21(18)23(26)28/h3-9,19H,10-15H2,1-2H3,(H,24,27). The summed E-state index contributed by atoms with van der Waals surface area (Å²) >= 11 is 0. The second-order valence-corrected chi connectivity index (χ2v) is 7.79. The average Bonchev–Trinajstić information content (AvgIpc) is 3.06. The van der Waals surface area contributed by atoms with E-state index in [0.717, 1.165) is 38.0 Å². The fourth-order valence-electron chi connectivity index (χ4n) is 4.42. The van der Waals surface area contributed by atoms with Gasteiger partial charge >= 0.3 is 0 Å². The van der Waals surface area contributed by atoms with E-state index in [-0.39, 0.29) is 17.9 Å². The van der Waals surface area contributed by atoms with E-state index in [0.29, 0.717) is 17.7 Å². The lowest BCUT2D eigenvalue weighted by Crippen LogP contribution is -2.44. The SMILES string of the molecule is CNC(=O)c1cccc2c1C(=O)N(C1CCN(Cc3ccccc3C)CC1)C2. The molecular weight excluding hydrogens is 350 g/mol. The number of fused-ring (bicyclic) bond motifs is 1. The van der Waals surface area contributed by atoms with Gasteiger partial charge in [0.1, 0.15) is 0 Å². The molecule has 0 unspecified atom stereocenters. The molecule has 1 fully saturated rings. The highest BCUT2D eigenvalue weighted by Crippen LogP contribution is 2.31. The monoisotopic (exact) mass is 377 g/mol. The zero-order valence-electron chi connectivity index (χ0n) is 16.6. The number of amides is 2. The van der Waals surface area contributed by atoms with Crippen LogP contribution in [0.25, 0.3) is 0 Å². The Morgan fingerprint density at radius 2 is 1.86 bits per heavy atom. The van der Waals surface area contributed by atoms with Crippen LogP contribution in [0.5, 0.6) is 0 Å². The molecule has 4 rings (SSSR count). The fraction of sp³-hybridized carbons (Fsp3) is 0.391. The maximum atomic E-state index is 13.1. The van der Waals surface area contributed by atoms with Gasteiger partial charge in [0, 0.05) is 39.3 Å². The van der Waals surface area contributed by atoms with Crippen molar-refractivity contribution in [2.75, 3.05) is 20.1 Å². The zero-order chi connectivity index (χ0) is 19.7. The average molecular weight is 377 g/mol. The van der Waals surface area contributed by atoms with Crippen molar-refractivity contribution in [3.05, 3.63) is 70.3 Å². The number of carbonyl (C=O) groups excluding carboxylic acids is 2. The molecule has 2 aromatic rings. The second kappa shape index (κ2) is 7.76. The molecule has 1 saturated heterocycles. The summed E-state index contributed by atoms with van der Waals surface area (Å²) in [6.45, 7) is 5.71. The van der Waals surface area contributed by atoms with Crippen LogP contribution in [0.2, 0.25) is 0 Å². The van der Waals surface area contributed by atoms with E-state index in [1.165, 1.54) is 11.1 Å². The van der Waals surface area contributed by atoms with E-state index < -0.39 is 0 Å². The minimum atomic E-state index is -0.194. The molecule has 28 heavy (non-hydrogen) atoms. The van der Waals surface area contributed by atoms with Crippen molar-refractivity contribution in [1.29, 1.82) is 0 Å². The van der Waals surface area contributed by atoms with Crippen LogP contribution in [-0.4, -0.2) is 47.8 Å². The lowest BCUT2D eigenvalue weighted by Gasteiger charge is -2.37. The first-order valence-electron chi connectivity index (χ1n) is 10.00. The maximum Gasteiger partial charge on any atom is 0.255 e. The number of aryl methyl sites for hydroxylation is 1. The summed E-state index contributed by atoms with van der Waals surface area (Å²) in [6, 6.07) is 14.3.